The van der Waals surface area contributed by atoms with Crippen LogP contribution in [0, 0.1) is 5.92 Å². The second-order valence-corrected chi connectivity index (χ2v) is 8.64. The molecule has 1 aromatic carbocycles. The van der Waals surface area contributed by atoms with Crippen molar-refractivity contribution in [1.29, 1.82) is 0 Å². The number of fused-ring (bicyclic) bond motifs is 1. The second kappa shape index (κ2) is 8.33. The molecule has 0 aromatic heterocycles. The first-order valence-corrected chi connectivity index (χ1v) is 10.3. The van der Waals surface area contributed by atoms with Gasteiger partial charge in [0.15, 0.2) is 0 Å². The van der Waals surface area contributed by atoms with Crippen LogP contribution in [-0.2, 0) is 22.4 Å². The van der Waals surface area contributed by atoms with Gasteiger partial charge in [0.1, 0.15) is 12.1 Å². The van der Waals surface area contributed by atoms with Crippen LogP contribution in [0.3, 0.4) is 0 Å². The maximum absolute atomic E-state index is 13.0. The van der Waals surface area contributed by atoms with Crippen LogP contribution in [0.1, 0.15) is 57.6 Å². The van der Waals surface area contributed by atoms with Crippen molar-refractivity contribution in [1.82, 2.24) is 15.5 Å². The fourth-order valence-corrected chi connectivity index (χ4v) is 4.21. The number of urea groups is 1. The van der Waals surface area contributed by atoms with Gasteiger partial charge in [-0.3, -0.25) is 14.5 Å². The maximum Gasteiger partial charge on any atom is 0.325 e. The molecule has 152 valence electrons. The molecule has 1 fully saturated rings. The van der Waals surface area contributed by atoms with E-state index in [0.717, 1.165) is 36.1 Å². The molecular weight excluding hydrogens is 354 g/mol. The number of nitrogens with zero attached hydrogens (tertiary/aromatic N) is 1. The summed E-state index contributed by atoms with van der Waals surface area (Å²) in [6.45, 7) is 6.10. The van der Waals surface area contributed by atoms with Crippen molar-refractivity contribution in [2.75, 3.05) is 6.54 Å². The molecule has 2 unspecified atom stereocenters. The molecule has 0 bridgehead atoms. The molecule has 3 rings (SSSR count). The van der Waals surface area contributed by atoms with Gasteiger partial charge in [-0.15, -0.1) is 0 Å². The van der Waals surface area contributed by atoms with Gasteiger partial charge < -0.3 is 10.6 Å². The van der Waals surface area contributed by atoms with Gasteiger partial charge in [0, 0.05) is 12.5 Å². The summed E-state index contributed by atoms with van der Waals surface area (Å²) in [6.07, 6.45) is 4.86. The standard InChI is InChI=1S/C22H31N3O3/c1-15(2)7-6-8-16(3)23-19(26)14-25-20(27)22(24-21(25)28)12-11-17-9-4-5-10-18(17)13-22/h4-5,9-10,15-16H,6-8,11-14H2,1-3H3,(H,23,26)(H,24,28). The Morgan fingerprint density at radius 1 is 1.18 bits per heavy atom. The van der Waals surface area contributed by atoms with E-state index < -0.39 is 11.6 Å². The molecule has 1 aliphatic carbocycles. The lowest BCUT2D eigenvalue weighted by molar-refractivity contribution is -0.135. The van der Waals surface area contributed by atoms with E-state index >= 15 is 0 Å². The number of carbonyl (C=O) groups is 3. The Labute approximate surface area is 167 Å². The third-order valence-electron chi connectivity index (χ3n) is 5.81. The zero-order valence-corrected chi connectivity index (χ0v) is 17.1. The Hall–Kier alpha value is -2.37. The summed E-state index contributed by atoms with van der Waals surface area (Å²) in [5.41, 5.74) is 1.41. The van der Waals surface area contributed by atoms with Crippen molar-refractivity contribution < 1.29 is 14.4 Å². The molecule has 0 saturated carbocycles. The Kier molecular flexibility index (Phi) is 6.06. The summed E-state index contributed by atoms with van der Waals surface area (Å²) in [5.74, 6) is 0.0778. The van der Waals surface area contributed by atoms with E-state index in [2.05, 4.69) is 30.5 Å². The number of hydrogen-bond donors (Lipinski definition) is 2. The van der Waals surface area contributed by atoms with Gasteiger partial charge in [-0.25, -0.2) is 4.79 Å². The van der Waals surface area contributed by atoms with E-state index in [0.29, 0.717) is 18.8 Å². The summed E-state index contributed by atoms with van der Waals surface area (Å²) < 4.78 is 0. The number of carbonyl (C=O) groups excluding carboxylic acids is 3. The summed E-state index contributed by atoms with van der Waals surface area (Å²) in [7, 11) is 0. The largest absolute Gasteiger partial charge is 0.352 e. The fourth-order valence-electron chi connectivity index (χ4n) is 4.21. The van der Waals surface area contributed by atoms with E-state index in [4.69, 9.17) is 0 Å². The van der Waals surface area contributed by atoms with Gasteiger partial charge >= 0.3 is 6.03 Å². The molecule has 0 radical (unpaired) electrons. The van der Waals surface area contributed by atoms with Gasteiger partial charge in [0.25, 0.3) is 5.91 Å². The van der Waals surface area contributed by atoms with Crippen molar-refractivity contribution >= 4 is 17.8 Å². The number of hydrogen-bond acceptors (Lipinski definition) is 3. The van der Waals surface area contributed by atoms with Crippen LogP contribution >= 0.6 is 0 Å². The van der Waals surface area contributed by atoms with Crippen LogP contribution in [0.4, 0.5) is 4.79 Å². The van der Waals surface area contributed by atoms with E-state index in [1.165, 1.54) is 5.56 Å². The smallest absolute Gasteiger partial charge is 0.325 e. The predicted octanol–water partition coefficient (Wildman–Crippen LogP) is 2.80. The summed E-state index contributed by atoms with van der Waals surface area (Å²) >= 11 is 0. The molecule has 28 heavy (non-hydrogen) atoms. The lowest BCUT2D eigenvalue weighted by Crippen LogP contribution is -2.51. The third kappa shape index (κ3) is 4.37. The number of rotatable bonds is 7. The lowest BCUT2D eigenvalue weighted by atomic mass is 9.78. The van der Waals surface area contributed by atoms with E-state index in [9.17, 15) is 14.4 Å². The average Bonchev–Trinajstić information content (AvgIpc) is 2.85. The summed E-state index contributed by atoms with van der Waals surface area (Å²) in [4.78, 5) is 38.9. The number of benzene rings is 1. The van der Waals surface area contributed by atoms with Gasteiger partial charge in [-0.2, -0.15) is 0 Å². The first-order valence-electron chi connectivity index (χ1n) is 10.3. The minimum atomic E-state index is -0.908. The number of aryl methyl sites for hydroxylation is 1. The quantitative estimate of drug-likeness (QED) is 0.709. The van der Waals surface area contributed by atoms with Crippen molar-refractivity contribution in [2.24, 2.45) is 5.92 Å². The van der Waals surface area contributed by atoms with Gasteiger partial charge in [-0.1, -0.05) is 51.0 Å². The zero-order valence-electron chi connectivity index (χ0n) is 17.1. The van der Waals surface area contributed by atoms with Crippen molar-refractivity contribution in [3.8, 4) is 0 Å². The van der Waals surface area contributed by atoms with Crippen LogP contribution in [0.5, 0.6) is 0 Å². The molecule has 6 heteroatoms. The van der Waals surface area contributed by atoms with Crippen molar-refractivity contribution in [3.63, 3.8) is 0 Å². The van der Waals surface area contributed by atoms with Gasteiger partial charge in [0.05, 0.1) is 0 Å². The van der Waals surface area contributed by atoms with E-state index in [1.54, 1.807) is 0 Å². The molecule has 2 aliphatic rings. The Bertz CT molecular complexity index is 761. The Morgan fingerprint density at radius 3 is 2.61 bits per heavy atom. The molecular formula is C22H31N3O3. The minimum Gasteiger partial charge on any atom is -0.352 e. The van der Waals surface area contributed by atoms with E-state index in [-0.39, 0.29) is 24.4 Å². The number of imide groups is 1. The highest BCUT2D eigenvalue weighted by Gasteiger charge is 2.52. The fraction of sp³-hybridized carbons (Fsp3) is 0.591. The van der Waals surface area contributed by atoms with Crippen LogP contribution in [0.15, 0.2) is 24.3 Å². The first kappa shape index (κ1) is 20.4. The summed E-state index contributed by atoms with van der Waals surface area (Å²) in [5, 5.41) is 5.79. The SMILES string of the molecule is CC(C)CCCC(C)NC(=O)CN1C(=O)NC2(CCc3ccccc3C2)C1=O. The monoisotopic (exact) mass is 385 g/mol. The Balaban J connectivity index is 1.58. The molecule has 1 spiro atoms. The molecule has 1 aromatic rings. The Morgan fingerprint density at radius 2 is 1.89 bits per heavy atom. The normalized spacial score (nSPS) is 22.4. The second-order valence-electron chi connectivity index (χ2n) is 8.64. The highest BCUT2D eigenvalue weighted by atomic mass is 16.2. The third-order valence-corrected chi connectivity index (χ3v) is 5.81. The molecule has 1 aliphatic heterocycles. The van der Waals surface area contributed by atoms with Crippen LogP contribution < -0.4 is 10.6 Å². The highest BCUT2D eigenvalue weighted by molar-refractivity contribution is 6.09. The average molecular weight is 386 g/mol. The predicted molar refractivity (Wildman–Crippen MR) is 108 cm³/mol. The number of amides is 4. The van der Waals surface area contributed by atoms with E-state index in [1.807, 2.05) is 25.1 Å². The van der Waals surface area contributed by atoms with Crippen LogP contribution in [0.2, 0.25) is 0 Å². The summed E-state index contributed by atoms with van der Waals surface area (Å²) in [6, 6.07) is 7.57. The minimum absolute atomic E-state index is 0.0301. The number of nitrogens with one attached hydrogen (secondary N) is 2. The maximum atomic E-state index is 13.0. The molecule has 1 heterocycles. The highest BCUT2D eigenvalue weighted by Crippen LogP contribution is 2.33. The molecule has 4 amide bonds. The molecule has 2 atom stereocenters. The van der Waals surface area contributed by atoms with Crippen molar-refractivity contribution in [2.45, 2.75) is 70.9 Å². The molecule has 2 N–H and O–H groups in total. The van der Waals surface area contributed by atoms with Crippen molar-refractivity contribution in [3.05, 3.63) is 35.4 Å². The van der Waals surface area contributed by atoms with Crippen LogP contribution in [-0.4, -0.2) is 40.9 Å². The topological polar surface area (TPSA) is 78.5 Å². The van der Waals surface area contributed by atoms with Crippen LogP contribution in [0.25, 0.3) is 0 Å². The first-order chi connectivity index (χ1) is 13.3. The molecule has 1 saturated heterocycles. The zero-order chi connectivity index (χ0) is 20.3. The van der Waals surface area contributed by atoms with Gasteiger partial charge in [0.2, 0.25) is 5.91 Å². The van der Waals surface area contributed by atoms with Gasteiger partial charge in [-0.05, 0) is 43.2 Å². The molecule has 6 nitrogen and oxygen atoms in total. The lowest BCUT2D eigenvalue weighted by Gasteiger charge is -2.32.